The van der Waals surface area contributed by atoms with Crippen molar-refractivity contribution in [2.24, 2.45) is 3.77 Å². The molecule has 0 aliphatic rings. The maximum absolute atomic E-state index is 11.1. The van der Waals surface area contributed by atoms with Crippen LogP contribution in [0.3, 0.4) is 0 Å². The fourth-order valence-electron chi connectivity index (χ4n) is 0.604. The number of hydrogen-bond acceptors (Lipinski definition) is 3. The fourth-order valence-corrected chi connectivity index (χ4v) is 3.78. The molecule has 1 unspecified atom stereocenters. The Bertz CT molecular complexity index is 314. The van der Waals surface area contributed by atoms with Gasteiger partial charge in [0.2, 0.25) is 0 Å². The molecule has 68 valence electrons. The molecule has 4 nitrogen and oxygen atoms in total. The standard InChI is InChI=1S/C5H14N2O2S2/c1-4-5-11(6,9)7-10(2,3)8/h6H,4-5H2,1-3H3. The van der Waals surface area contributed by atoms with E-state index in [1.54, 1.807) is 0 Å². The molecule has 0 heterocycles. The highest BCUT2D eigenvalue weighted by Crippen LogP contribution is 2.00. The summed E-state index contributed by atoms with van der Waals surface area (Å²) >= 11 is 0. The Morgan fingerprint density at radius 1 is 1.36 bits per heavy atom. The van der Waals surface area contributed by atoms with Gasteiger partial charge in [0.05, 0.1) is 15.5 Å². The lowest BCUT2D eigenvalue weighted by atomic mass is 10.6. The van der Waals surface area contributed by atoms with E-state index in [4.69, 9.17) is 4.78 Å². The van der Waals surface area contributed by atoms with Crippen LogP contribution in [0.1, 0.15) is 13.3 Å². The summed E-state index contributed by atoms with van der Waals surface area (Å²) in [7, 11) is -5.33. The Balaban J connectivity index is 4.79. The first-order valence-corrected chi connectivity index (χ1v) is 7.23. The lowest BCUT2D eigenvalue weighted by molar-refractivity contribution is 0.672. The van der Waals surface area contributed by atoms with Crippen LogP contribution in [0, 0.1) is 4.78 Å². The number of hydrogen-bond donors (Lipinski definition) is 1. The van der Waals surface area contributed by atoms with Gasteiger partial charge in [0.25, 0.3) is 0 Å². The van der Waals surface area contributed by atoms with Gasteiger partial charge in [0, 0.05) is 12.5 Å². The minimum Gasteiger partial charge on any atom is -0.249 e. The molecule has 0 aromatic carbocycles. The lowest BCUT2D eigenvalue weighted by Crippen LogP contribution is -2.03. The van der Waals surface area contributed by atoms with E-state index in [9.17, 15) is 8.42 Å². The SMILES string of the molecule is CCCS(=N)(=O)N=S(C)(C)=O. The molecule has 0 fully saturated rings. The Morgan fingerprint density at radius 2 is 1.82 bits per heavy atom. The average molecular weight is 198 g/mol. The third kappa shape index (κ3) is 6.30. The molecule has 0 saturated heterocycles. The highest BCUT2D eigenvalue weighted by Gasteiger charge is 2.03. The van der Waals surface area contributed by atoms with Crippen LogP contribution in [0.5, 0.6) is 0 Å². The lowest BCUT2D eigenvalue weighted by Gasteiger charge is -1.99. The van der Waals surface area contributed by atoms with Gasteiger partial charge in [-0.15, -0.1) is 3.77 Å². The van der Waals surface area contributed by atoms with E-state index >= 15 is 0 Å². The first-order chi connectivity index (χ1) is 4.77. The Hall–Kier alpha value is -0.100. The summed E-state index contributed by atoms with van der Waals surface area (Å²) in [6.07, 6.45) is 3.40. The molecule has 0 radical (unpaired) electrons. The second kappa shape index (κ2) is 3.53. The van der Waals surface area contributed by atoms with Gasteiger partial charge in [-0.1, -0.05) is 6.92 Å². The van der Waals surface area contributed by atoms with Crippen LogP contribution in [0.2, 0.25) is 0 Å². The maximum atomic E-state index is 11.1. The smallest absolute Gasteiger partial charge is 0.155 e. The van der Waals surface area contributed by atoms with Crippen LogP contribution in [-0.4, -0.2) is 26.7 Å². The van der Waals surface area contributed by atoms with Gasteiger partial charge in [-0.2, -0.15) is 0 Å². The Kier molecular flexibility index (Phi) is 3.50. The van der Waals surface area contributed by atoms with Crippen LogP contribution in [-0.2, 0) is 19.6 Å². The minimum absolute atomic E-state index is 0.200. The van der Waals surface area contributed by atoms with E-state index in [2.05, 4.69) is 3.77 Å². The summed E-state index contributed by atoms with van der Waals surface area (Å²) in [6.45, 7) is 1.82. The van der Waals surface area contributed by atoms with Crippen molar-refractivity contribution in [3.8, 4) is 0 Å². The number of nitrogens with zero attached hydrogens (tertiary/aromatic N) is 1. The van der Waals surface area contributed by atoms with Gasteiger partial charge < -0.3 is 0 Å². The molecule has 1 N–H and O–H groups in total. The number of nitrogens with one attached hydrogen (secondary N) is 1. The third-order valence-electron chi connectivity index (χ3n) is 0.781. The predicted molar refractivity (Wildman–Crippen MR) is 48.4 cm³/mol. The van der Waals surface area contributed by atoms with Crippen LogP contribution in [0.25, 0.3) is 0 Å². The van der Waals surface area contributed by atoms with E-state index in [0.29, 0.717) is 6.42 Å². The van der Waals surface area contributed by atoms with Gasteiger partial charge in [0.15, 0.2) is 9.92 Å². The van der Waals surface area contributed by atoms with Crippen LogP contribution >= 0.6 is 0 Å². The van der Waals surface area contributed by atoms with Gasteiger partial charge in [-0.25, -0.2) is 13.2 Å². The van der Waals surface area contributed by atoms with E-state index in [-0.39, 0.29) is 5.75 Å². The summed E-state index contributed by atoms with van der Waals surface area (Å²) in [5.41, 5.74) is 0. The van der Waals surface area contributed by atoms with E-state index in [1.165, 1.54) is 12.5 Å². The van der Waals surface area contributed by atoms with Crippen molar-refractivity contribution in [2.45, 2.75) is 13.3 Å². The topological polar surface area (TPSA) is 70.3 Å². The molecule has 0 amide bonds. The molecule has 0 aliphatic carbocycles. The zero-order valence-electron chi connectivity index (χ0n) is 6.99. The zero-order chi connectivity index (χ0) is 9.12. The maximum Gasteiger partial charge on any atom is 0.155 e. The van der Waals surface area contributed by atoms with Gasteiger partial charge in [0.1, 0.15) is 0 Å². The second-order valence-corrected chi connectivity index (χ2v) is 7.25. The Morgan fingerprint density at radius 3 is 2.09 bits per heavy atom. The summed E-state index contributed by atoms with van der Waals surface area (Å²) < 4.78 is 32.8. The van der Waals surface area contributed by atoms with Crippen LogP contribution in [0.15, 0.2) is 3.77 Å². The highest BCUT2D eigenvalue weighted by atomic mass is 32.3. The van der Waals surface area contributed by atoms with Gasteiger partial charge >= 0.3 is 0 Å². The van der Waals surface area contributed by atoms with E-state index in [0.717, 1.165) is 0 Å². The third-order valence-corrected chi connectivity index (χ3v) is 4.14. The molecule has 0 bridgehead atoms. The highest BCUT2D eigenvalue weighted by molar-refractivity contribution is 8.03. The fraction of sp³-hybridized carbons (Fsp3) is 1.00. The molecule has 0 spiro atoms. The summed E-state index contributed by atoms with van der Waals surface area (Å²) in [6, 6.07) is 0. The molecule has 0 aromatic heterocycles. The summed E-state index contributed by atoms with van der Waals surface area (Å²) in [5, 5.41) is 0. The molecule has 0 aromatic rings. The van der Waals surface area contributed by atoms with Crippen molar-refractivity contribution in [1.29, 1.82) is 4.78 Å². The summed E-state index contributed by atoms with van der Waals surface area (Å²) in [5.74, 6) is 0.200. The second-order valence-electron chi connectivity index (χ2n) is 2.60. The quantitative estimate of drug-likeness (QED) is 0.737. The van der Waals surface area contributed by atoms with Crippen molar-refractivity contribution in [1.82, 2.24) is 0 Å². The molecule has 6 heteroatoms. The molecular weight excluding hydrogens is 184 g/mol. The van der Waals surface area contributed by atoms with Crippen LogP contribution < -0.4 is 0 Å². The average Bonchev–Trinajstić information content (AvgIpc) is 1.55. The molecule has 11 heavy (non-hydrogen) atoms. The molecule has 0 aliphatic heterocycles. The van der Waals surface area contributed by atoms with Crippen molar-refractivity contribution >= 4 is 19.6 Å². The predicted octanol–water partition coefficient (Wildman–Crippen LogP) is 1.09. The Labute approximate surface area is 68.7 Å². The summed E-state index contributed by atoms with van der Waals surface area (Å²) in [4.78, 5) is 0. The van der Waals surface area contributed by atoms with Crippen molar-refractivity contribution in [3.63, 3.8) is 0 Å². The molecule has 0 rings (SSSR count). The van der Waals surface area contributed by atoms with Crippen molar-refractivity contribution < 1.29 is 8.42 Å². The van der Waals surface area contributed by atoms with Crippen LogP contribution in [0.4, 0.5) is 0 Å². The molecule has 0 saturated carbocycles. The van der Waals surface area contributed by atoms with Crippen molar-refractivity contribution in [2.75, 3.05) is 18.3 Å². The van der Waals surface area contributed by atoms with E-state index in [1.807, 2.05) is 6.92 Å². The minimum atomic E-state index is -2.94. The van der Waals surface area contributed by atoms with E-state index < -0.39 is 19.6 Å². The molecular formula is C5H14N2O2S2. The first-order valence-electron chi connectivity index (χ1n) is 3.21. The van der Waals surface area contributed by atoms with Gasteiger partial charge in [-0.3, -0.25) is 0 Å². The molecule has 1 atom stereocenters. The largest absolute Gasteiger partial charge is 0.249 e. The van der Waals surface area contributed by atoms with Gasteiger partial charge in [-0.05, 0) is 6.42 Å². The number of rotatable bonds is 3. The zero-order valence-corrected chi connectivity index (χ0v) is 8.63. The monoisotopic (exact) mass is 198 g/mol. The normalized spacial score (nSPS) is 17.4. The first kappa shape index (κ1) is 10.9. The van der Waals surface area contributed by atoms with Crippen molar-refractivity contribution in [3.05, 3.63) is 0 Å².